The first-order chi connectivity index (χ1) is 6.99. The largest absolute Gasteiger partial charge is 0.348 e. The smallest absolute Gasteiger partial charge is 0.236 e. The zero-order valence-corrected chi connectivity index (χ0v) is 11.6. The Balaban J connectivity index is 2.42. The number of thiophene rings is 1. The molecule has 0 atom stereocenters. The number of carbonyl (C=O) groups excluding carboxylic acids is 1. The quantitative estimate of drug-likeness (QED) is 0.847. The topological polar surface area (TPSA) is 23.6 Å². The molecule has 1 heterocycles. The molecule has 0 aromatic carbocycles. The van der Waals surface area contributed by atoms with Crippen molar-refractivity contribution in [1.29, 1.82) is 0 Å². The molecular formula is C10H15BrN2OS. The van der Waals surface area contributed by atoms with Crippen molar-refractivity contribution < 1.29 is 4.79 Å². The maximum atomic E-state index is 11.4. The lowest BCUT2D eigenvalue weighted by Gasteiger charge is -2.18. The van der Waals surface area contributed by atoms with Crippen LogP contribution in [0.15, 0.2) is 15.2 Å². The molecule has 0 spiro atoms. The first-order valence-corrected chi connectivity index (χ1v) is 6.28. The average molecular weight is 291 g/mol. The van der Waals surface area contributed by atoms with Gasteiger partial charge in [0, 0.05) is 20.6 Å². The number of hydrogen-bond acceptors (Lipinski definition) is 3. The van der Waals surface area contributed by atoms with Crippen LogP contribution in [0.25, 0.3) is 0 Å². The standard InChI is InChI=1S/C10H15BrN2OS/c1-12(2)10(14)6-13(3)5-8-4-9(11)15-7-8/h4,7H,5-6H2,1-3H3. The summed E-state index contributed by atoms with van der Waals surface area (Å²) in [5.41, 5.74) is 1.24. The van der Waals surface area contributed by atoms with Crippen LogP contribution in [0.5, 0.6) is 0 Å². The highest BCUT2D eigenvalue weighted by Crippen LogP contribution is 2.21. The second kappa shape index (κ2) is 5.63. The van der Waals surface area contributed by atoms with Crippen LogP contribution in [0.2, 0.25) is 0 Å². The summed E-state index contributed by atoms with van der Waals surface area (Å²) in [6, 6.07) is 2.08. The molecule has 0 unspecified atom stereocenters. The zero-order chi connectivity index (χ0) is 11.4. The molecule has 0 radical (unpaired) electrons. The minimum absolute atomic E-state index is 0.131. The fraction of sp³-hybridized carbons (Fsp3) is 0.500. The summed E-state index contributed by atoms with van der Waals surface area (Å²) in [5.74, 6) is 0.131. The summed E-state index contributed by atoms with van der Waals surface area (Å²) in [5, 5.41) is 2.10. The number of carbonyl (C=O) groups is 1. The van der Waals surface area contributed by atoms with E-state index >= 15 is 0 Å². The van der Waals surface area contributed by atoms with Crippen LogP contribution >= 0.6 is 27.3 Å². The van der Waals surface area contributed by atoms with Crippen LogP contribution in [0, 0.1) is 0 Å². The molecule has 1 amide bonds. The summed E-state index contributed by atoms with van der Waals surface area (Å²) in [7, 11) is 5.50. The third-order valence-corrected chi connectivity index (χ3v) is 3.53. The molecule has 0 saturated heterocycles. The van der Waals surface area contributed by atoms with E-state index in [4.69, 9.17) is 0 Å². The monoisotopic (exact) mass is 290 g/mol. The Bertz CT molecular complexity index is 338. The first-order valence-electron chi connectivity index (χ1n) is 4.60. The van der Waals surface area contributed by atoms with Gasteiger partial charge in [-0.1, -0.05) is 0 Å². The number of amides is 1. The van der Waals surface area contributed by atoms with Gasteiger partial charge in [0.15, 0.2) is 0 Å². The third-order valence-electron chi connectivity index (χ3n) is 1.98. The van der Waals surface area contributed by atoms with Crippen LogP contribution in [-0.4, -0.2) is 43.4 Å². The first kappa shape index (κ1) is 12.7. The minimum atomic E-state index is 0.131. The van der Waals surface area contributed by atoms with E-state index in [1.165, 1.54) is 5.56 Å². The predicted molar refractivity (Wildman–Crippen MR) is 67.0 cm³/mol. The lowest BCUT2D eigenvalue weighted by atomic mass is 10.3. The van der Waals surface area contributed by atoms with Crippen LogP contribution in [0.1, 0.15) is 5.56 Å². The molecule has 1 rings (SSSR count). The Hall–Kier alpha value is -0.390. The number of hydrogen-bond donors (Lipinski definition) is 0. The van der Waals surface area contributed by atoms with Gasteiger partial charge >= 0.3 is 0 Å². The van der Waals surface area contributed by atoms with Gasteiger partial charge in [-0.3, -0.25) is 9.69 Å². The molecule has 0 aliphatic rings. The van der Waals surface area contributed by atoms with Crippen molar-refractivity contribution in [2.75, 3.05) is 27.7 Å². The van der Waals surface area contributed by atoms with E-state index in [0.717, 1.165) is 10.3 Å². The molecule has 3 nitrogen and oxygen atoms in total. The maximum absolute atomic E-state index is 11.4. The van der Waals surface area contributed by atoms with E-state index in [1.807, 2.05) is 11.9 Å². The van der Waals surface area contributed by atoms with Crippen LogP contribution < -0.4 is 0 Å². The normalized spacial score (nSPS) is 10.7. The molecule has 0 bridgehead atoms. The molecule has 84 valence electrons. The van der Waals surface area contributed by atoms with Gasteiger partial charge in [-0.25, -0.2) is 0 Å². The van der Waals surface area contributed by atoms with Crippen molar-refractivity contribution in [2.24, 2.45) is 0 Å². The van der Waals surface area contributed by atoms with Gasteiger partial charge in [-0.2, -0.15) is 0 Å². The molecule has 1 aromatic heterocycles. The highest BCUT2D eigenvalue weighted by Gasteiger charge is 2.09. The Morgan fingerprint density at radius 1 is 1.47 bits per heavy atom. The molecule has 15 heavy (non-hydrogen) atoms. The van der Waals surface area contributed by atoms with E-state index in [9.17, 15) is 4.79 Å². The second-order valence-electron chi connectivity index (χ2n) is 3.72. The second-order valence-corrected chi connectivity index (χ2v) is 6.01. The number of nitrogens with zero attached hydrogens (tertiary/aromatic N) is 2. The van der Waals surface area contributed by atoms with Gasteiger partial charge in [0.2, 0.25) is 5.91 Å². The summed E-state index contributed by atoms with van der Waals surface area (Å²) in [6.07, 6.45) is 0. The van der Waals surface area contributed by atoms with Crippen molar-refractivity contribution in [2.45, 2.75) is 6.54 Å². The van der Waals surface area contributed by atoms with E-state index in [-0.39, 0.29) is 5.91 Å². The van der Waals surface area contributed by atoms with Crippen LogP contribution in [0.3, 0.4) is 0 Å². The highest BCUT2D eigenvalue weighted by molar-refractivity contribution is 9.11. The summed E-state index contributed by atoms with van der Waals surface area (Å²) < 4.78 is 1.13. The van der Waals surface area contributed by atoms with E-state index < -0.39 is 0 Å². The van der Waals surface area contributed by atoms with Gasteiger partial charge in [0.25, 0.3) is 0 Å². The Morgan fingerprint density at radius 3 is 2.60 bits per heavy atom. The highest BCUT2D eigenvalue weighted by atomic mass is 79.9. The van der Waals surface area contributed by atoms with Crippen LogP contribution in [0.4, 0.5) is 0 Å². The Morgan fingerprint density at radius 2 is 2.13 bits per heavy atom. The van der Waals surface area contributed by atoms with Gasteiger partial charge in [0.05, 0.1) is 10.3 Å². The number of likely N-dealkylation sites (N-methyl/N-ethyl adjacent to an activating group) is 2. The van der Waals surface area contributed by atoms with E-state index in [1.54, 1.807) is 30.3 Å². The van der Waals surface area contributed by atoms with Crippen molar-refractivity contribution in [3.63, 3.8) is 0 Å². The molecule has 0 fully saturated rings. The summed E-state index contributed by atoms with van der Waals surface area (Å²) in [4.78, 5) is 15.0. The maximum Gasteiger partial charge on any atom is 0.236 e. The van der Waals surface area contributed by atoms with Crippen molar-refractivity contribution in [1.82, 2.24) is 9.80 Å². The lowest BCUT2D eigenvalue weighted by Crippen LogP contribution is -2.33. The van der Waals surface area contributed by atoms with Gasteiger partial charge in [-0.15, -0.1) is 11.3 Å². The predicted octanol–water partition coefficient (Wildman–Crippen LogP) is 2.03. The van der Waals surface area contributed by atoms with Gasteiger partial charge in [0.1, 0.15) is 0 Å². The van der Waals surface area contributed by atoms with Crippen molar-refractivity contribution in [3.05, 3.63) is 20.8 Å². The zero-order valence-electron chi connectivity index (χ0n) is 9.16. The molecule has 5 heteroatoms. The third kappa shape index (κ3) is 4.32. The Kier molecular flexibility index (Phi) is 4.76. The fourth-order valence-corrected chi connectivity index (χ4v) is 2.37. The average Bonchev–Trinajstić information content (AvgIpc) is 2.50. The summed E-state index contributed by atoms with van der Waals surface area (Å²) in [6.45, 7) is 1.27. The van der Waals surface area contributed by atoms with E-state index in [2.05, 4.69) is 27.4 Å². The molecule has 1 aromatic rings. The molecule has 0 aliphatic carbocycles. The van der Waals surface area contributed by atoms with Crippen molar-refractivity contribution >= 4 is 33.2 Å². The molecule has 0 N–H and O–H groups in total. The lowest BCUT2D eigenvalue weighted by molar-refractivity contribution is -0.129. The number of rotatable bonds is 4. The van der Waals surface area contributed by atoms with E-state index in [0.29, 0.717) is 6.54 Å². The molecular weight excluding hydrogens is 276 g/mol. The molecule has 0 saturated carbocycles. The van der Waals surface area contributed by atoms with Gasteiger partial charge in [-0.05, 0) is 40.0 Å². The van der Waals surface area contributed by atoms with Crippen molar-refractivity contribution in [3.8, 4) is 0 Å². The van der Waals surface area contributed by atoms with Crippen LogP contribution in [-0.2, 0) is 11.3 Å². The minimum Gasteiger partial charge on any atom is -0.348 e. The SMILES string of the molecule is CN(CC(=O)N(C)C)Cc1csc(Br)c1. The molecule has 0 aliphatic heterocycles. The fourth-order valence-electron chi connectivity index (χ4n) is 1.17. The summed E-state index contributed by atoms with van der Waals surface area (Å²) >= 11 is 5.09. The number of halogens is 1. The Labute approximate surface area is 103 Å². The van der Waals surface area contributed by atoms with Gasteiger partial charge < -0.3 is 4.90 Å².